The summed E-state index contributed by atoms with van der Waals surface area (Å²) in [6.07, 6.45) is 0. The zero-order valence-corrected chi connectivity index (χ0v) is 24.5. The molecule has 4 aromatic rings. The van der Waals surface area contributed by atoms with E-state index in [9.17, 15) is 34.5 Å². The SMILES string of the molecule is CCOC(=O)c1c(C(=O)O)c(O)c2ccccc2c1O.CCOC(=O)c1c(C(=O)O)c(OCC)c2ccccc2c1OCC. The van der Waals surface area contributed by atoms with Crippen LogP contribution in [0.5, 0.6) is 23.0 Å². The first-order valence-corrected chi connectivity index (χ1v) is 13.7. The summed E-state index contributed by atoms with van der Waals surface area (Å²) < 4.78 is 21.0. The molecule has 232 valence electrons. The van der Waals surface area contributed by atoms with Gasteiger partial charge < -0.3 is 39.4 Å². The van der Waals surface area contributed by atoms with Gasteiger partial charge in [-0.3, -0.25) is 0 Å². The van der Waals surface area contributed by atoms with Crippen molar-refractivity contribution in [1.82, 2.24) is 0 Å². The number of carbonyl (C=O) groups excluding carboxylic acids is 2. The minimum atomic E-state index is -1.52. The Labute approximate surface area is 252 Å². The van der Waals surface area contributed by atoms with Crippen LogP contribution in [0, 0.1) is 0 Å². The first-order chi connectivity index (χ1) is 21.0. The largest absolute Gasteiger partial charge is 0.506 e. The molecule has 44 heavy (non-hydrogen) atoms. The normalized spacial score (nSPS) is 10.5. The Morgan fingerprint density at radius 1 is 0.523 bits per heavy atom. The highest BCUT2D eigenvalue weighted by atomic mass is 16.5. The van der Waals surface area contributed by atoms with Crippen LogP contribution in [0.25, 0.3) is 21.5 Å². The van der Waals surface area contributed by atoms with Gasteiger partial charge in [-0.05, 0) is 27.7 Å². The number of esters is 2. The van der Waals surface area contributed by atoms with Gasteiger partial charge in [0.2, 0.25) is 0 Å². The lowest BCUT2D eigenvalue weighted by Crippen LogP contribution is -2.16. The van der Waals surface area contributed by atoms with Gasteiger partial charge in [0.15, 0.2) is 0 Å². The Morgan fingerprint density at radius 2 is 0.886 bits per heavy atom. The molecule has 4 aromatic carbocycles. The molecular weight excluding hydrogens is 576 g/mol. The fraction of sp³-hybridized carbons (Fsp3) is 0.250. The van der Waals surface area contributed by atoms with Crippen molar-refractivity contribution in [2.45, 2.75) is 27.7 Å². The predicted octanol–water partition coefficient (Wildman–Crippen LogP) is 5.64. The van der Waals surface area contributed by atoms with Gasteiger partial charge in [-0.15, -0.1) is 0 Å². The molecule has 0 fully saturated rings. The smallest absolute Gasteiger partial charge is 0.342 e. The van der Waals surface area contributed by atoms with Crippen molar-refractivity contribution in [2.24, 2.45) is 0 Å². The van der Waals surface area contributed by atoms with E-state index in [2.05, 4.69) is 0 Å². The Hall–Kier alpha value is -5.52. The van der Waals surface area contributed by atoms with Crippen LogP contribution in [0.4, 0.5) is 0 Å². The van der Waals surface area contributed by atoms with E-state index in [0.717, 1.165) is 0 Å². The summed E-state index contributed by atoms with van der Waals surface area (Å²) >= 11 is 0. The summed E-state index contributed by atoms with van der Waals surface area (Å²) in [4.78, 5) is 47.4. The molecule has 4 rings (SSSR count). The highest BCUT2D eigenvalue weighted by Gasteiger charge is 2.31. The minimum absolute atomic E-state index is 0.0188. The number of carboxylic acid groups (broad SMARTS) is 2. The zero-order chi connectivity index (χ0) is 32.6. The fourth-order valence-electron chi connectivity index (χ4n) is 4.58. The second-order valence-electron chi connectivity index (χ2n) is 8.86. The molecule has 0 aliphatic heterocycles. The summed E-state index contributed by atoms with van der Waals surface area (Å²) in [5.41, 5.74) is -1.57. The molecule has 0 aliphatic carbocycles. The second-order valence-corrected chi connectivity index (χ2v) is 8.86. The van der Waals surface area contributed by atoms with E-state index in [1.807, 2.05) is 0 Å². The number of phenolic OH excluding ortho intramolecular Hbond substituents is 1. The Morgan fingerprint density at radius 3 is 1.27 bits per heavy atom. The van der Waals surface area contributed by atoms with Crippen LogP contribution in [0.1, 0.15) is 69.1 Å². The number of benzene rings is 4. The number of hydrogen-bond donors (Lipinski definition) is 4. The van der Waals surface area contributed by atoms with E-state index in [1.54, 1.807) is 64.1 Å². The van der Waals surface area contributed by atoms with Crippen molar-refractivity contribution in [1.29, 1.82) is 0 Å². The van der Waals surface area contributed by atoms with Crippen LogP contribution in [-0.4, -0.2) is 70.7 Å². The van der Waals surface area contributed by atoms with Crippen molar-refractivity contribution in [3.63, 3.8) is 0 Å². The lowest BCUT2D eigenvalue weighted by molar-refractivity contribution is 0.0504. The van der Waals surface area contributed by atoms with Crippen molar-refractivity contribution in [2.75, 3.05) is 26.4 Å². The molecule has 0 aliphatic rings. The van der Waals surface area contributed by atoms with Crippen LogP contribution >= 0.6 is 0 Å². The molecule has 0 radical (unpaired) electrons. The number of carbonyl (C=O) groups is 4. The summed E-state index contributed by atoms with van der Waals surface area (Å²) in [5.74, 6) is -5.28. The molecule has 4 N–H and O–H groups in total. The van der Waals surface area contributed by atoms with Gasteiger partial charge in [0, 0.05) is 21.5 Å². The van der Waals surface area contributed by atoms with E-state index in [-0.39, 0.29) is 59.8 Å². The van der Waals surface area contributed by atoms with Crippen LogP contribution in [0.3, 0.4) is 0 Å². The molecule has 0 spiro atoms. The number of hydrogen-bond acceptors (Lipinski definition) is 10. The van der Waals surface area contributed by atoms with E-state index in [0.29, 0.717) is 10.8 Å². The lowest BCUT2D eigenvalue weighted by atomic mass is 9.97. The van der Waals surface area contributed by atoms with Crippen LogP contribution in [0.15, 0.2) is 48.5 Å². The maximum absolute atomic E-state index is 12.4. The van der Waals surface area contributed by atoms with Crippen LogP contribution in [-0.2, 0) is 9.47 Å². The van der Waals surface area contributed by atoms with Gasteiger partial charge in [-0.1, -0.05) is 48.5 Å². The first kappa shape index (κ1) is 33.0. The highest BCUT2D eigenvalue weighted by Crippen LogP contribution is 2.42. The first-order valence-electron chi connectivity index (χ1n) is 13.7. The Balaban J connectivity index is 0.000000244. The molecule has 12 heteroatoms. The Bertz CT molecular complexity index is 1720. The standard InChI is InChI=1S/C18H20O6.C14H12O6/c1-4-22-15-11-9-7-8-10-12(11)16(23-5-2)14(13(15)17(19)20)18(21)24-6-3;1-2-20-14(19)10-9(13(17)18)11(15)7-5-3-4-6-8(7)12(10)16/h7-10H,4-6H2,1-3H3,(H,19,20);3-6,15-16H,2H2,1H3,(H,17,18). The number of carboxylic acids is 2. The summed E-state index contributed by atoms with van der Waals surface area (Å²) in [6, 6.07) is 13.2. The maximum atomic E-state index is 12.4. The van der Waals surface area contributed by atoms with E-state index in [1.165, 1.54) is 12.1 Å². The third kappa shape index (κ3) is 6.43. The van der Waals surface area contributed by atoms with Crippen molar-refractivity contribution < 1.29 is 58.6 Å². The van der Waals surface area contributed by atoms with Crippen molar-refractivity contribution in [3.8, 4) is 23.0 Å². The molecular formula is C32H32O12. The fourth-order valence-corrected chi connectivity index (χ4v) is 4.58. The maximum Gasteiger partial charge on any atom is 0.342 e. The average Bonchev–Trinajstić information content (AvgIpc) is 3.00. The van der Waals surface area contributed by atoms with Crippen LogP contribution in [0.2, 0.25) is 0 Å². The number of aromatic hydroxyl groups is 2. The van der Waals surface area contributed by atoms with Gasteiger partial charge >= 0.3 is 23.9 Å². The van der Waals surface area contributed by atoms with E-state index in [4.69, 9.17) is 24.1 Å². The topological polar surface area (TPSA) is 186 Å². The lowest BCUT2D eigenvalue weighted by Gasteiger charge is -2.19. The summed E-state index contributed by atoms with van der Waals surface area (Å²) in [7, 11) is 0. The zero-order valence-electron chi connectivity index (χ0n) is 24.5. The number of fused-ring (bicyclic) bond motifs is 2. The third-order valence-corrected chi connectivity index (χ3v) is 6.25. The van der Waals surface area contributed by atoms with Gasteiger partial charge in [-0.2, -0.15) is 0 Å². The second kappa shape index (κ2) is 14.6. The summed E-state index contributed by atoms with van der Waals surface area (Å²) in [6.45, 7) is 7.41. The van der Waals surface area contributed by atoms with E-state index >= 15 is 0 Å². The third-order valence-electron chi connectivity index (χ3n) is 6.25. The number of rotatable bonds is 10. The number of ether oxygens (including phenoxy) is 4. The number of phenols is 2. The molecule has 0 saturated heterocycles. The molecule has 0 atom stereocenters. The van der Waals surface area contributed by atoms with Crippen molar-refractivity contribution in [3.05, 3.63) is 70.8 Å². The molecule has 0 unspecified atom stereocenters. The Kier molecular flexibility index (Phi) is 10.9. The van der Waals surface area contributed by atoms with Gasteiger partial charge in [0.25, 0.3) is 0 Å². The molecule has 0 amide bonds. The average molecular weight is 609 g/mol. The summed E-state index contributed by atoms with van der Waals surface area (Å²) in [5, 5.41) is 40.5. The molecule has 12 nitrogen and oxygen atoms in total. The highest BCUT2D eigenvalue weighted by molar-refractivity contribution is 6.15. The molecule has 0 saturated carbocycles. The van der Waals surface area contributed by atoms with Gasteiger partial charge in [0.05, 0.1) is 26.4 Å². The van der Waals surface area contributed by atoms with Crippen LogP contribution < -0.4 is 9.47 Å². The quantitative estimate of drug-likeness (QED) is 0.128. The minimum Gasteiger partial charge on any atom is -0.506 e. The monoisotopic (exact) mass is 608 g/mol. The molecule has 0 aromatic heterocycles. The van der Waals surface area contributed by atoms with Gasteiger partial charge in [-0.25, -0.2) is 19.2 Å². The van der Waals surface area contributed by atoms with E-state index < -0.39 is 46.5 Å². The molecule has 0 bridgehead atoms. The van der Waals surface area contributed by atoms with Gasteiger partial charge in [0.1, 0.15) is 45.3 Å². The van der Waals surface area contributed by atoms with Crippen molar-refractivity contribution >= 4 is 45.4 Å². The number of aromatic carboxylic acids is 2. The predicted molar refractivity (Wildman–Crippen MR) is 159 cm³/mol. The molecule has 0 heterocycles.